The quantitative estimate of drug-likeness (QED) is 0.134. The lowest BCUT2D eigenvalue weighted by molar-refractivity contribution is 0.415. The van der Waals surface area contributed by atoms with E-state index >= 15 is 0 Å². The van der Waals surface area contributed by atoms with E-state index in [2.05, 4.69) is 34.2 Å². The first-order valence-corrected chi connectivity index (χ1v) is 21.0. The molecule has 12 nitrogen and oxygen atoms in total. The summed E-state index contributed by atoms with van der Waals surface area (Å²) in [4.78, 5) is 18.3. The molecule has 320 valence electrons. The summed E-state index contributed by atoms with van der Waals surface area (Å²) in [6, 6.07) is 47.0. The van der Waals surface area contributed by atoms with E-state index in [1.807, 2.05) is 133 Å². The smallest absolute Gasteiger partial charge is 0.142 e. The Labute approximate surface area is 380 Å². The molecule has 0 radical (unpaired) electrons. The summed E-state index contributed by atoms with van der Waals surface area (Å²) < 4.78 is 22.9. The van der Waals surface area contributed by atoms with Crippen LogP contribution in [0.1, 0.15) is 34.6 Å². The number of aromatic amines is 2. The van der Waals surface area contributed by atoms with Gasteiger partial charge in [0.2, 0.25) is 0 Å². The molecule has 3 aromatic heterocycles. The van der Waals surface area contributed by atoms with Crippen LogP contribution in [0, 0.1) is 57.2 Å². The Hall–Kier alpha value is -9.10. The molecular weight excluding hydrogens is 825 g/mol. The van der Waals surface area contributed by atoms with E-state index < -0.39 is 23.7 Å². The molecule has 4 aromatic carbocycles. The van der Waals surface area contributed by atoms with Gasteiger partial charge in [0, 0.05) is 56.2 Å². The summed E-state index contributed by atoms with van der Waals surface area (Å²) in [5.41, 5.74) is 10.2. The molecule has 0 saturated carbocycles. The monoisotopic (exact) mass is 864 g/mol. The molecule has 2 aliphatic rings. The van der Waals surface area contributed by atoms with E-state index in [1.54, 1.807) is 28.4 Å². The number of nitrogens with one attached hydrogen (secondary N) is 2. The van der Waals surface area contributed by atoms with E-state index in [-0.39, 0.29) is 0 Å². The Morgan fingerprint density at radius 1 is 0.424 bits per heavy atom. The third-order valence-electron chi connectivity index (χ3n) is 12.1. The lowest BCUT2D eigenvalue weighted by Gasteiger charge is -2.23. The van der Waals surface area contributed by atoms with Gasteiger partial charge in [-0.3, -0.25) is 4.98 Å². The van der Waals surface area contributed by atoms with Gasteiger partial charge in [-0.1, -0.05) is 48.5 Å². The molecule has 7 aromatic rings. The molecule has 5 heterocycles. The maximum absolute atomic E-state index is 10.8. The number of nitrogens with zero attached hydrogens (tertiary/aromatic N) is 6. The minimum atomic E-state index is -1.34. The van der Waals surface area contributed by atoms with Crippen molar-refractivity contribution in [1.82, 2.24) is 19.9 Å². The highest BCUT2D eigenvalue weighted by atomic mass is 16.5. The van der Waals surface area contributed by atoms with Crippen molar-refractivity contribution < 1.29 is 18.9 Å². The summed E-state index contributed by atoms with van der Waals surface area (Å²) in [5.74, 6) is -2.37. The normalized spacial score (nSPS) is 13.9. The van der Waals surface area contributed by atoms with Crippen LogP contribution in [0.3, 0.4) is 0 Å². The molecule has 0 fully saturated rings. The standard InChI is InChI=1S/C54H40N8O4/c1-63-37-13-5-9-31(23-37)47-41-17-18-42(59-41)48(32-10-6-14-38(24-32)64-2)44-20-22-46(61-44)50(34-12-8-16-40(26-34)66-4)54-52(36(29-57)30-58)51(35(27-55)28-56)53(62-54)49(45-21-19-43(47)60-45)33-11-7-15-39(25-33)65-3/h5-26,35-36,51-52,60-61H,1-4H3/t51-,52-/m1/s1. The first-order valence-electron chi connectivity index (χ1n) is 21.0. The van der Waals surface area contributed by atoms with Crippen LogP contribution in [-0.4, -0.2) is 48.4 Å². The lowest BCUT2D eigenvalue weighted by atomic mass is 9.72. The Kier molecular flexibility index (Phi) is 11.5. The zero-order valence-electron chi connectivity index (χ0n) is 36.3. The van der Waals surface area contributed by atoms with Gasteiger partial charge < -0.3 is 28.9 Å². The molecular formula is C54H40N8O4. The van der Waals surface area contributed by atoms with Crippen molar-refractivity contribution in [2.75, 3.05) is 28.4 Å². The van der Waals surface area contributed by atoms with Crippen LogP contribution in [0.4, 0.5) is 0 Å². The maximum Gasteiger partial charge on any atom is 0.142 e. The molecule has 12 heteroatoms. The highest BCUT2D eigenvalue weighted by Crippen LogP contribution is 2.52. The number of hydrogen-bond donors (Lipinski definition) is 2. The predicted octanol–water partition coefficient (Wildman–Crippen LogP) is 11.4. The Morgan fingerprint density at radius 2 is 0.727 bits per heavy atom. The number of benzene rings is 4. The third-order valence-corrected chi connectivity index (χ3v) is 12.1. The highest BCUT2D eigenvalue weighted by molar-refractivity contribution is 5.98. The van der Waals surface area contributed by atoms with Crippen LogP contribution in [0.15, 0.2) is 121 Å². The number of ether oxygens (including phenoxy) is 4. The molecule has 2 aliphatic heterocycles. The van der Waals surface area contributed by atoms with Gasteiger partial charge in [0.15, 0.2) is 0 Å². The topological polar surface area (TPSA) is 189 Å². The number of nitriles is 4. The van der Waals surface area contributed by atoms with Crippen molar-refractivity contribution in [3.8, 4) is 91.8 Å². The fourth-order valence-electron chi connectivity index (χ4n) is 9.07. The van der Waals surface area contributed by atoms with Gasteiger partial charge in [-0.15, -0.1) is 0 Å². The highest BCUT2D eigenvalue weighted by Gasteiger charge is 2.46. The molecule has 2 atom stereocenters. The van der Waals surface area contributed by atoms with Gasteiger partial charge in [0.05, 0.1) is 75.5 Å². The van der Waals surface area contributed by atoms with E-state index in [9.17, 15) is 21.0 Å². The molecule has 66 heavy (non-hydrogen) atoms. The number of rotatable bonds is 10. The molecule has 0 amide bonds. The van der Waals surface area contributed by atoms with Gasteiger partial charge in [-0.05, 0) is 107 Å². The molecule has 0 spiro atoms. The second-order valence-electron chi connectivity index (χ2n) is 15.6. The van der Waals surface area contributed by atoms with Crippen LogP contribution in [0.2, 0.25) is 0 Å². The van der Waals surface area contributed by atoms with Gasteiger partial charge >= 0.3 is 0 Å². The van der Waals surface area contributed by atoms with Crippen molar-refractivity contribution in [3.05, 3.63) is 144 Å². The van der Waals surface area contributed by atoms with Gasteiger partial charge in [-0.2, -0.15) is 21.0 Å². The van der Waals surface area contributed by atoms with Crippen molar-refractivity contribution in [2.24, 2.45) is 11.8 Å². The van der Waals surface area contributed by atoms with Crippen molar-refractivity contribution >= 4 is 34.2 Å². The Balaban J connectivity index is 1.57. The molecule has 9 rings (SSSR count). The van der Waals surface area contributed by atoms with E-state index in [0.717, 1.165) is 22.3 Å². The summed E-state index contributed by atoms with van der Waals surface area (Å²) in [7, 11) is 6.40. The average Bonchev–Trinajstić information content (AvgIpc) is 4.20. The van der Waals surface area contributed by atoms with Crippen LogP contribution in [-0.2, 0) is 0 Å². The fraction of sp³-hybridized carbons (Fsp3) is 0.148. The number of aromatic nitrogens is 4. The largest absolute Gasteiger partial charge is 0.497 e. The maximum atomic E-state index is 10.8. The SMILES string of the molecule is COc1cccc(-c2c3nc(c(-c4cccc(OC)c4)c4ccc([nH]4)c(-c4cccc(OC)c4)c4nc(c(-c5cccc(OC)c5)c5ccc2[nH]5)[C@H](C(C#N)C#N)[C@H]4C(C#N)C#N)C=C3)c1. The summed E-state index contributed by atoms with van der Waals surface area (Å²) in [5, 5.41) is 43.3. The number of methoxy groups -OCH3 is 4. The van der Waals surface area contributed by atoms with Crippen LogP contribution in [0.5, 0.6) is 23.0 Å². The third kappa shape index (κ3) is 7.49. The van der Waals surface area contributed by atoms with Gasteiger partial charge in [0.25, 0.3) is 0 Å². The summed E-state index contributed by atoms with van der Waals surface area (Å²) >= 11 is 0. The number of fused-ring (bicyclic) bond motifs is 8. The van der Waals surface area contributed by atoms with Crippen molar-refractivity contribution in [3.63, 3.8) is 0 Å². The van der Waals surface area contributed by atoms with Crippen molar-refractivity contribution in [1.29, 1.82) is 21.0 Å². The molecule has 0 saturated heterocycles. The lowest BCUT2D eigenvalue weighted by Crippen LogP contribution is -2.21. The van der Waals surface area contributed by atoms with E-state index in [1.165, 1.54) is 0 Å². The zero-order valence-corrected chi connectivity index (χ0v) is 36.3. The minimum Gasteiger partial charge on any atom is -0.497 e. The first kappa shape index (κ1) is 42.2. The second kappa shape index (κ2) is 17.9. The minimum absolute atomic E-state index is 0.347. The molecule has 0 aliphatic carbocycles. The first-order chi connectivity index (χ1) is 32.3. The van der Waals surface area contributed by atoms with Crippen LogP contribution in [0.25, 0.3) is 78.7 Å². The van der Waals surface area contributed by atoms with Gasteiger partial charge in [-0.25, -0.2) is 4.98 Å². The number of hydrogen-bond acceptors (Lipinski definition) is 10. The van der Waals surface area contributed by atoms with E-state index in [4.69, 9.17) is 28.9 Å². The molecule has 2 N–H and O–H groups in total. The van der Waals surface area contributed by atoms with E-state index in [0.29, 0.717) is 90.1 Å². The Morgan fingerprint density at radius 3 is 1.03 bits per heavy atom. The molecule has 8 bridgehead atoms. The van der Waals surface area contributed by atoms with Crippen molar-refractivity contribution in [2.45, 2.75) is 11.8 Å². The van der Waals surface area contributed by atoms with Crippen LogP contribution < -0.4 is 18.9 Å². The molecule has 0 unspecified atom stereocenters. The van der Waals surface area contributed by atoms with Crippen LogP contribution >= 0.6 is 0 Å². The Bertz CT molecular complexity index is 3180. The second-order valence-corrected chi connectivity index (χ2v) is 15.6. The average molecular weight is 865 g/mol. The zero-order chi connectivity index (χ0) is 45.9. The number of H-pyrrole nitrogens is 2. The predicted molar refractivity (Wildman–Crippen MR) is 253 cm³/mol. The van der Waals surface area contributed by atoms with Gasteiger partial charge in [0.1, 0.15) is 34.8 Å². The summed E-state index contributed by atoms with van der Waals surface area (Å²) in [6.45, 7) is 0. The fourth-order valence-corrected chi connectivity index (χ4v) is 9.07. The summed E-state index contributed by atoms with van der Waals surface area (Å²) in [6.07, 6.45) is 3.98.